The number of nitriles is 1. The monoisotopic (exact) mass is 241 g/mol. The van der Waals surface area contributed by atoms with Gasteiger partial charge in [-0.15, -0.1) is 5.10 Å². The van der Waals surface area contributed by atoms with E-state index in [9.17, 15) is 0 Å². The Labute approximate surface area is 103 Å². The van der Waals surface area contributed by atoms with Crippen LogP contribution in [-0.2, 0) is 0 Å². The van der Waals surface area contributed by atoms with E-state index in [4.69, 9.17) is 11.0 Å². The van der Waals surface area contributed by atoms with Crippen LogP contribution in [0.25, 0.3) is 5.82 Å². The van der Waals surface area contributed by atoms with Crippen molar-refractivity contribution in [1.82, 2.24) is 19.7 Å². The van der Waals surface area contributed by atoms with Gasteiger partial charge in [0.15, 0.2) is 11.6 Å². The third-order valence-corrected chi connectivity index (χ3v) is 2.73. The largest absolute Gasteiger partial charge is 0.382 e. The first-order chi connectivity index (χ1) is 8.79. The zero-order chi connectivity index (χ0) is 12.5. The van der Waals surface area contributed by atoms with Crippen LogP contribution in [0.4, 0.5) is 11.6 Å². The number of nitrogens with two attached hydrogens (primary N) is 1. The van der Waals surface area contributed by atoms with Gasteiger partial charge < -0.3 is 11.1 Å². The second-order valence-electron chi connectivity index (χ2n) is 4.12. The summed E-state index contributed by atoms with van der Waals surface area (Å²) in [7, 11) is 0. The molecule has 1 saturated carbocycles. The quantitative estimate of drug-likeness (QED) is 0.819. The maximum Gasteiger partial charge on any atom is 0.169 e. The zero-order valence-corrected chi connectivity index (χ0v) is 9.54. The molecule has 0 radical (unpaired) electrons. The number of rotatable bonds is 3. The van der Waals surface area contributed by atoms with Gasteiger partial charge in [-0.2, -0.15) is 9.94 Å². The Kier molecular flexibility index (Phi) is 2.34. The minimum Gasteiger partial charge on any atom is -0.382 e. The Morgan fingerprint density at radius 3 is 2.94 bits per heavy atom. The van der Waals surface area contributed by atoms with Gasteiger partial charge >= 0.3 is 0 Å². The van der Waals surface area contributed by atoms with Crippen molar-refractivity contribution in [2.75, 3.05) is 11.1 Å². The van der Waals surface area contributed by atoms with Gasteiger partial charge in [-0.1, -0.05) is 0 Å². The Morgan fingerprint density at radius 2 is 2.33 bits per heavy atom. The SMILES string of the molecule is N#Cc1c(NC2CC2)nn(-c2ccncn2)c1N. The molecule has 0 saturated heterocycles. The van der Waals surface area contributed by atoms with Crippen LogP contribution in [0, 0.1) is 11.3 Å². The van der Waals surface area contributed by atoms with Gasteiger partial charge in [-0.3, -0.25) is 0 Å². The smallest absolute Gasteiger partial charge is 0.169 e. The molecule has 1 fully saturated rings. The normalized spacial score (nSPS) is 14.2. The second kappa shape index (κ2) is 4.00. The Morgan fingerprint density at radius 1 is 1.50 bits per heavy atom. The van der Waals surface area contributed by atoms with E-state index in [0.29, 0.717) is 29.1 Å². The number of aromatic nitrogens is 4. The van der Waals surface area contributed by atoms with Gasteiger partial charge in [0.25, 0.3) is 0 Å². The number of hydrogen-bond acceptors (Lipinski definition) is 6. The van der Waals surface area contributed by atoms with Crippen molar-refractivity contribution in [1.29, 1.82) is 5.26 Å². The van der Waals surface area contributed by atoms with Gasteiger partial charge in [0, 0.05) is 18.3 Å². The van der Waals surface area contributed by atoms with Gasteiger partial charge in [-0.05, 0) is 12.8 Å². The molecule has 2 heterocycles. The van der Waals surface area contributed by atoms with E-state index in [2.05, 4.69) is 26.5 Å². The van der Waals surface area contributed by atoms with E-state index in [-0.39, 0.29) is 0 Å². The van der Waals surface area contributed by atoms with Crippen molar-refractivity contribution >= 4 is 11.6 Å². The summed E-state index contributed by atoms with van der Waals surface area (Å²) in [5.41, 5.74) is 6.28. The van der Waals surface area contributed by atoms with E-state index in [1.54, 1.807) is 12.3 Å². The lowest BCUT2D eigenvalue weighted by molar-refractivity contribution is 0.847. The van der Waals surface area contributed by atoms with Crippen molar-refractivity contribution in [3.63, 3.8) is 0 Å². The first-order valence-electron chi connectivity index (χ1n) is 5.61. The van der Waals surface area contributed by atoms with E-state index < -0.39 is 0 Å². The molecule has 0 aliphatic heterocycles. The summed E-state index contributed by atoms with van der Waals surface area (Å²) in [6.07, 6.45) is 5.22. The summed E-state index contributed by atoms with van der Waals surface area (Å²) in [5, 5.41) is 16.6. The van der Waals surface area contributed by atoms with Crippen LogP contribution in [0.5, 0.6) is 0 Å². The van der Waals surface area contributed by atoms with Gasteiger partial charge in [-0.25, -0.2) is 9.97 Å². The molecule has 7 heteroatoms. The van der Waals surface area contributed by atoms with Gasteiger partial charge in [0.05, 0.1) is 0 Å². The lowest BCUT2D eigenvalue weighted by Gasteiger charge is -2.00. The fourth-order valence-electron chi connectivity index (χ4n) is 1.65. The number of nitrogens with one attached hydrogen (secondary N) is 1. The van der Waals surface area contributed by atoms with E-state index in [1.807, 2.05) is 0 Å². The highest BCUT2D eigenvalue weighted by atomic mass is 15.4. The maximum atomic E-state index is 9.14. The van der Waals surface area contributed by atoms with Crippen LogP contribution < -0.4 is 11.1 Å². The first-order valence-corrected chi connectivity index (χ1v) is 5.61. The molecule has 2 aromatic heterocycles. The molecular weight excluding hydrogens is 230 g/mol. The molecule has 0 atom stereocenters. The van der Waals surface area contributed by atoms with Crippen molar-refractivity contribution in [2.45, 2.75) is 18.9 Å². The average molecular weight is 241 g/mol. The Balaban J connectivity index is 2.05. The highest BCUT2D eigenvalue weighted by Gasteiger charge is 2.25. The number of anilines is 2. The van der Waals surface area contributed by atoms with E-state index >= 15 is 0 Å². The van der Waals surface area contributed by atoms with Crippen molar-refractivity contribution in [3.8, 4) is 11.9 Å². The third kappa shape index (κ3) is 1.73. The Hall–Kier alpha value is -2.62. The van der Waals surface area contributed by atoms with Crippen LogP contribution in [0.15, 0.2) is 18.6 Å². The average Bonchev–Trinajstić information content (AvgIpc) is 3.15. The van der Waals surface area contributed by atoms with Crippen LogP contribution in [0.2, 0.25) is 0 Å². The molecule has 18 heavy (non-hydrogen) atoms. The first kappa shape index (κ1) is 10.5. The minimum absolute atomic E-state index is 0.291. The lowest BCUT2D eigenvalue weighted by Crippen LogP contribution is -2.05. The molecule has 3 N–H and O–H groups in total. The fourth-order valence-corrected chi connectivity index (χ4v) is 1.65. The summed E-state index contributed by atoms with van der Waals surface area (Å²) in [6.45, 7) is 0. The molecule has 1 aliphatic carbocycles. The van der Waals surface area contributed by atoms with Crippen molar-refractivity contribution in [2.24, 2.45) is 0 Å². The zero-order valence-electron chi connectivity index (χ0n) is 9.54. The molecule has 0 amide bonds. The lowest BCUT2D eigenvalue weighted by atomic mass is 10.3. The molecule has 0 unspecified atom stereocenters. The molecule has 1 aliphatic rings. The summed E-state index contributed by atoms with van der Waals surface area (Å²) < 4.78 is 1.45. The number of nitrogen functional groups attached to an aromatic ring is 1. The predicted molar refractivity (Wildman–Crippen MR) is 64.9 cm³/mol. The molecule has 0 spiro atoms. The summed E-state index contributed by atoms with van der Waals surface area (Å²) >= 11 is 0. The predicted octanol–water partition coefficient (Wildman–Crippen LogP) is 0.690. The molecule has 2 aromatic rings. The van der Waals surface area contributed by atoms with Gasteiger partial charge in [0.2, 0.25) is 0 Å². The van der Waals surface area contributed by atoms with Crippen LogP contribution >= 0.6 is 0 Å². The highest BCUT2D eigenvalue weighted by Crippen LogP contribution is 2.29. The number of nitrogens with zero attached hydrogens (tertiary/aromatic N) is 5. The summed E-state index contributed by atoms with van der Waals surface area (Å²) in [5.74, 6) is 1.36. The van der Waals surface area contributed by atoms with Gasteiger partial charge in [0.1, 0.15) is 23.8 Å². The van der Waals surface area contributed by atoms with Crippen LogP contribution in [0.1, 0.15) is 18.4 Å². The third-order valence-electron chi connectivity index (χ3n) is 2.73. The van der Waals surface area contributed by atoms with Crippen molar-refractivity contribution < 1.29 is 0 Å². The molecule has 7 nitrogen and oxygen atoms in total. The summed E-state index contributed by atoms with van der Waals surface area (Å²) in [6, 6.07) is 4.17. The molecule has 0 bridgehead atoms. The molecule has 90 valence electrons. The number of hydrogen-bond donors (Lipinski definition) is 2. The standard InChI is InChI=1S/C11H11N7/c12-5-8-10(13)18(9-3-4-14-6-15-9)17-11(8)16-7-1-2-7/h3-4,6-7H,1-2,13H2,(H,16,17). The molecule has 3 rings (SSSR count). The summed E-state index contributed by atoms with van der Waals surface area (Å²) in [4.78, 5) is 7.90. The van der Waals surface area contributed by atoms with E-state index in [0.717, 1.165) is 12.8 Å². The Bertz CT molecular complexity index is 606. The topological polar surface area (TPSA) is 105 Å². The fraction of sp³-hybridized carbons (Fsp3) is 0.273. The second-order valence-corrected chi connectivity index (χ2v) is 4.12. The maximum absolute atomic E-state index is 9.14. The molecule has 0 aromatic carbocycles. The molecular formula is C11H11N7. The van der Waals surface area contributed by atoms with E-state index in [1.165, 1.54) is 11.0 Å². The van der Waals surface area contributed by atoms with Crippen LogP contribution in [0.3, 0.4) is 0 Å². The highest BCUT2D eigenvalue weighted by molar-refractivity contribution is 5.66. The minimum atomic E-state index is 0.291. The van der Waals surface area contributed by atoms with Crippen LogP contribution in [-0.4, -0.2) is 25.8 Å². The van der Waals surface area contributed by atoms with Crippen molar-refractivity contribution in [3.05, 3.63) is 24.2 Å².